The number of benzene rings is 3. The van der Waals surface area contributed by atoms with Crippen LogP contribution in [0.4, 0.5) is 4.39 Å². The molecule has 10 rings (SSSR count). The lowest BCUT2D eigenvalue weighted by Crippen LogP contribution is -2.61. The summed E-state index contributed by atoms with van der Waals surface area (Å²) in [6, 6.07) is -0.676. The number of nitrogens with two attached hydrogens (primary N) is 3. The largest absolute Gasteiger partial charge is 0.481 e. The zero-order valence-electron chi connectivity index (χ0n) is 76.8. The lowest BCUT2D eigenvalue weighted by atomic mass is 9.97. The summed E-state index contributed by atoms with van der Waals surface area (Å²) in [5.74, 6) is -17.0. The lowest BCUT2D eigenvalue weighted by Gasteiger charge is -2.39. The number of carboxylic acids is 2. The minimum absolute atomic E-state index is 0.00110. The fourth-order valence-electron chi connectivity index (χ4n) is 18.7. The zero-order valence-corrected chi connectivity index (χ0v) is 76.8. The van der Waals surface area contributed by atoms with Crippen LogP contribution in [0.15, 0.2) is 85.2 Å². The number of unbranched alkanes of at least 4 members (excludes halogenated alkanes) is 2. The van der Waals surface area contributed by atoms with Gasteiger partial charge in [-0.1, -0.05) is 116 Å². The molecule has 0 bridgehead atoms. The predicted octanol–water partition coefficient (Wildman–Crippen LogP) is 1.09. The van der Waals surface area contributed by atoms with Crippen molar-refractivity contribution >= 4 is 122 Å². The van der Waals surface area contributed by atoms with Crippen molar-refractivity contribution in [2.75, 3.05) is 46.8 Å². The number of amides is 15. The summed E-state index contributed by atoms with van der Waals surface area (Å²) < 4.78 is 16.0. The minimum Gasteiger partial charge on any atom is -0.481 e. The van der Waals surface area contributed by atoms with Gasteiger partial charge in [0.1, 0.15) is 90.9 Å². The van der Waals surface area contributed by atoms with Gasteiger partial charge in [0.25, 0.3) is 5.91 Å². The first-order chi connectivity index (χ1) is 63.3. The number of aliphatic hydroxyl groups is 1. The molecule has 3 aromatic carbocycles. The summed E-state index contributed by atoms with van der Waals surface area (Å²) in [7, 11) is 2.73. The van der Waals surface area contributed by atoms with Gasteiger partial charge in [0.15, 0.2) is 5.66 Å². The summed E-state index contributed by atoms with van der Waals surface area (Å²) >= 11 is 0. The Morgan fingerprint density at radius 1 is 0.534 bits per heavy atom. The Morgan fingerprint density at radius 3 is 1.78 bits per heavy atom. The maximum absolute atomic E-state index is 15.9. The summed E-state index contributed by atoms with van der Waals surface area (Å²) in [6.45, 7) is 8.72. The van der Waals surface area contributed by atoms with Crippen molar-refractivity contribution < 1.29 is 101 Å². The van der Waals surface area contributed by atoms with E-state index < -0.39 is 236 Å². The number of rotatable bonds is 25. The summed E-state index contributed by atoms with van der Waals surface area (Å²) in [4.78, 5) is 261. The number of nitrogens with one attached hydrogen (secondary N) is 9. The molecule has 5 fully saturated rings. The number of aliphatic carboxylic acids is 2. The number of likely N-dealkylation sites (N-methyl/N-ethyl adjacent to an activating group) is 2. The van der Waals surface area contributed by atoms with Crippen molar-refractivity contribution in [1.82, 2.24) is 81.5 Å². The molecule has 0 radical (unpaired) electrons. The van der Waals surface area contributed by atoms with Crippen molar-refractivity contribution in [3.05, 3.63) is 108 Å². The fourth-order valence-corrected chi connectivity index (χ4v) is 18.7. The summed E-state index contributed by atoms with van der Waals surface area (Å²) in [6.07, 6.45) is 0.594. The van der Waals surface area contributed by atoms with Crippen LogP contribution in [0, 0.1) is 17.7 Å². The van der Waals surface area contributed by atoms with E-state index in [0.29, 0.717) is 77.0 Å². The number of aromatic amines is 1. The van der Waals surface area contributed by atoms with Crippen LogP contribution in [0.1, 0.15) is 187 Å². The highest BCUT2D eigenvalue weighted by molar-refractivity contribution is 6.09. The van der Waals surface area contributed by atoms with E-state index in [1.54, 1.807) is 82.4 Å². The Kier molecular flexibility index (Phi) is 36.1. The zero-order chi connectivity index (χ0) is 97.0. The fraction of sp³-hybridized carbons (Fsp3) is 0.581. The van der Waals surface area contributed by atoms with Gasteiger partial charge in [-0.25, -0.2) is 4.39 Å². The van der Waals surface area contributed by atoms with E-state index in [9.17, 15) is 58.1 Å². The molecule has 0 aliphatic carbocycles. The van der Waals surface area contributed by atoms with E-state index in [4.69, 9.17) is 17.2 Å². The van der Waals surface area contributed by atoms with Gasteiger partial charge in [-0.2, -0.15) is 0 Å². The highest BCUT2D eigenvalue weighted by Gasteiger charge is 2.72. The van der Waals surface area contributed by atoms with E-state index in [1.165, 1.54) is 46.8 Å². The highest BCUT2D eigenvalue weighted by atomic mass is 19.1. The van der Waals surface area contributed by atoms with Crippen molar-refractivity contribution in [3.8, 4) is 0 Å². The second-order valence-corrected chi connectivity index (χ2v) is 36.4. The van der Waals surface area contributed by atoms with Crippen LogP contribution in [0.5, 0.6) is 0 Å². The van der Waals surface area contributed by atoms with E-state index in [1.807, 2.05) is 13.8 Å². The van der Waals surface area contributed by atoms with Gasteiger partial charge in [0.2, 0.25) is 82.7 Å². The quantitative estimate of drug-likeness (QED) is 0.0364. The molecular weight excluding hydrogens is 1720 g/mol. The van der Waals surface area contributed by atoms with Crippen molar-refractivity contribution in [3.63, 3.8) is 0 Å². The molecule has 40 heteroatoms. The number of carboxylic acid groups (broad SMARTS) is 2. The Hall–Kier alpha value is -12.5. The first kappa shape index (κ1) is 103. The monoisotopic (exact) mass is 1850 g/mol. The molecule has 5 aliphatic heterocycles. The first-order valence-electron chi connectivity index (χ1n) is 46.2. The molecule has 7 heterocycles. The second-order valence-electron chi connectivity index (χ2n) is 36.4. The smallest absolute Gasteiger partial charge is 0.323 e. The molecule has 0 saturated carbocycles. The number of aliphatic hydroxyl groups excluding tert-OH is 1. The number of carbonyl (C=O) groups is 17. The number of aromatic nitrogens is 2. The maximum Gasteiger partial charge on any atom is 0.323 e. The molecule has 133 heavy (non-hydrogen) atoms. The Morgan fingerprint density at radius 2 is 1.12 bits per heavy atom. The van der Waals surface area contributed by atoms with Gasteiger partial charge >= 0.3 is 11.9 Å². The van der Waals surface area contributed by atoms with E-state index in [-0.39, 0.29) is 121 Å². The average molecular weight is 1850 g/mol. The Labute approximate surface area is 771 Å². The van der Waals surface area contributed by atoms with Gasteiger partial charge < -0.3 is 109 Å². The van der Waals surface area contributed by atoms with E-state index in [2.05, 4.69) is 47.5 Å². The van der Waals surface area contributed by atoms with Crippen molar-refractivity contribution in [1.29, 1.82) is 0 Å². The number of fused-ring (bicyclic) bond motifs is 4. The van der Waals surface area contributed by atoms with Crippen LogP contribution < -0.4 is 59.7 Å². The number of halogens is 1. The molecule has 5 aliphatic rings. The van der Waals surface area contributed by atoms with Crippen LogP contribution >= 0.6 is 0 Å². The molecule has 724 valence electrons. The second kappa shape index (κ2) is 46.8. The van der Waals surface area contributed by atoms with Crippen LogP contribution in [0.3, 0.4) is 0 Å². The number of hydrogen-bond acceptors (Lipinski definition) is 20. The first-order valence-corrected chi connectivity index (χ1v) is 46.2. The minimum atomic E-state index is -1.88. The van der Waals surface area contributed by atoms with Crippen LogP contribution in [0.25, 0.3) is 21.8 Å². The number of carbonyl (C=O) groups excluding carboxylic acids is 15. The number of piperidine rings is 1. The maximum atomic E-state index is 15.9. The molecule has 5 aromatic rings. The van der Waals surface area contributed by atoms with Gasteiger partial charge in [0.05, 0.1) is 6.10 Å². The number of primary amides is 1. The normalized spacial score (nSPS) is 26.4. The molecule has 1 spiro atoms. The number of H-pyrrole nitrogens is 1. The third kappa shape index (κ3) is 25.5. The molecule has 18 N–H and O–H groups in total. The molecule has 2 aromatic heterocycles. The molecule has 5 saturated heterocycles. The van der Waals surface area contributed by atoms with Crippen LogP contribution in [-0.4, -0.2) is 292 Å². The highest BCUT2D eigenvalue weighted by Crippen LogP contribution is 2.49. The van der Waals surface area contributed by atoms with Crippen LogP contribution in [0.2, 0.25) is 0 Å². The number of hydrogen-bond donors (Lipinski definition) is 15. The number of para-hydroxylation sites is 2. The van der Waals surface area contributed by atoms with Gasteiger partial charge in [-0.05, 0) is 143 Å². The van der Waals surface area contributed by atoms with Gasteiger partial charge in [-0.15, -0.1) is 0 Å². The van der Waals surface area contributed by atoms with Gasteiger partial charge in [0, 0.05) is 113 Å². The topological polar surface area (TPSA) is 565 Å². The molecular formula is C93H130FN19O20. The van der Waals surface area contributed by atoms with Crippen molar-refractivity contribution in [2.24, 2.45) is 29.0 Å². The van der Waals surface area contributed by atoms with Crippen LogP contribution in [-0.2, 0) is 107 Å². The Balaban J connectivity index is 1.02. The molecule has 39 nitrogen and oxygen atoms in total. The summed E-state index contributed by atoms with van der Waals surface area (Å²) in [5, 5.41) is 54.8. The van der Waals surface area contributed by atoms with E-state index >= 15 is 43.2 Å². The average Bonchev–Trinajstić information content (AvgIpc) is 1.52. The standard InChI is InChI=1S/C93H130FN19O20/c1-9-11-25-71-84(125)102-64(41-52(3)4)81(122)100-62(79(97)120)24-19-29-76(115)99-67(43-54-30-32-57(94)33-31-54)89(130)112-40-18-17-37-93(112)92(133)113(93)74(34-35-77(116)117)91(132)110-39-20-28-72(110)85(126)106-69(47-96)83(124)104-66(42-53(5)6)88(129)111-50-58(114)46-75(111)86(127)103-65(44-55-48-98-61-23-15-13-21-59(55)61)82(123)101-63(36-38-95)80(121)105-68(87(128)108(8)73(26-12-10-2)90(131)107(71)7)45-56-49-109(51-78(118)119)70-27-16-14-22-60(56)70/h13-16,21-23,27,30-33,48-49,52-53,58,62-69,71-75,98,114H,9-12,17-20,24-26,28-29,34-47,50-51,95-96H2,1-8H3,(H2,97,120)(H,99,115)(H,100,122)(H,101,123)(H,102,125)(H,103,127)(H,104,124)(H,105,121)(H,106,126)(H,116,117)(H,118,119)/t58-,62+,63+,64+,65+,66+,67+,68+,69+,71+,72+,73+,74+,75+,93-,113?/m1/s1. The van der Waals surface area contributed by atoms with Gasteiger partial charge in [-0.3, -0.25) is 86.4 Å². The third-order valence-corrected chi connectivity index (χ3v) is 25.7. The molecule has 15 atom stereocenters. The van der Waals surface area contributed by atoms with Crippen molar-refractivity contribution in [2.45, 2.75) is 286 Å². The lowest BCUT2D eigenvalue weighted by molar-refractivity contribution is -0.149. The predicted molar refractivity (Wildman–Crippen MR) is 484 cm³/mol. The SMILES string of the molecule is CCCC[C@H]1C(=O)N(C)[C@@H](CCCC)C(=O)N[C@@H](CC(C)C)C(=O)N[C@H](C(N)=O)CCCC(=O)N[C@@H](Cc2ccc(F)cc2)C(=O)N2CCCC[C@@]23C(=O)N3[C@@H](CCC(=O)O)C(=O)N2CCC[C@H]2C(=O)N[C@@H](CN)C(=O)N[C@@H](CC(C)C)C(=O)N2C[C@H](O)C[C@H]2C(=O)N[C@@H](Cc2c[nH]c3ccccc23)C(=O)N[C@@H](CCN)C(=O)N[C@@H](Cc2cn(CC(=O)O)c3ccccc23)C(=O)N1C. The Bertz CT molecular complexity index is 5080. The summed E-state index contributed by atoms with van der Waals surface area (Å²) in [5.41, 5.74) is 18.9. The third-order valence-electron chi connectivity index (χ3n) is 25.7. The molecule has 0 unspecified atom stereocenters. The van der Waals surface area contributed by atoms with E-state index in [0.717, 1.165) is 31.7 Å². The number of nitrogens with zero attached hydrogens (tertiary/aromatic N) is 7. The molecule has 15 amide bonds.